The van der Waals surface area contributed by atoms with E-state index in [1.165, 1.54) is 19.2 Å². The zero-order valence-electron chi connectivity index (χ0n) is 12.3. The van der Waals surface area contributed by atoms with E-state index in [0.717, 1.165) is 5.56 Å². The molecule has 4 nitrogen and oxygen atoms in total. The molecule has 116 valence electrons. The molecule has 0 aliphatic carbocycles. The van der Waals surface area contributed by atoms with Gasteiger partial charge in [-0.15, -0.1) is 0 Å². The van der Waals surface area contributed by atoms with Crippen LogP contribution in [0.15, 0.2) is 48.5 Å². The third kappa shape index (κ3) is 4.30. The molecular formula is C17H18FNO3. The van der Waals surface area contributed by atoms with Crippen molar-refractivity contribution < 1.29 is 19.0 Å². The zero-order chi connectivity index (χ0) is 15.9. The summed E-state index contributed by atoms with van der Waals surface area (Å²) in [6.45, 7) is 0.272. The van der Waals surface area contributed by atoms with Crippen LogP contribution in [0.3, 0.4) is 0 Å². The third-order valence-electron chi connectivity index (χ3n) is 3.35. The van der Waals surface area contributed by atoms with Crippen LogP contribution in [0.25, 0.3) is 0 Å². The van der Waals surface area contributed by atoms with E-state index in [1.807, 2.05) is 0 Å². The fourth-order valence-corrected chi connectivity index (χ4v) is 2.12. The summed E-state index contributed by atoms with van der Waals surface area (Å²) in [7, 11) is 1.53. The molecule has 2 N–H and O–H groups in total. The van der Waals surface area contributed by atoms with Gasteiger partial charge in [-0.1, -0.05) is 30.3 Å². The second-order valence-corrected chi connectivity index (χ2v) is 4.89. The molecule has 1 amide bonds. The second kappa shape index (κ2) is 7.56. The lowest BCUT2D eigenvalue weighted by Crippen LogP contribution is -2.30. The van der Waals surface area contributed by atoms with Crippen LogP contribution in [0, 0.1) is 5.82 Å². The van der Waals surface area contributed by atoms with E-state index in [0.29, 0.717) is 5.56 Å². The molecule has 0 saturated heterocycles. The molecule has 1 unspecified atom stereocenters. The average molecular weight is 303 g/mol. The maximum absolute atomic E-state index is 12.9. The van der Waals surface area contributed by atoms with Crippen molar-refractivity contribution in [2.24, 2.45) is 0 Å². The Morgan fingerprint density at radius 2 is 1.91 bits per heavy atom. The number of nitrogens with one attached hydrogen (secondary N) is 1. The number of benzene rings is 2. The number of ether oxygens (including phenoxy) is 1. The first kappa shape index (κ1) is 16.0. The number of hydrogen-bond donors (Lipinski definition) is 2. The van der Waals surface area contributed by atoms with Gasteiger partial charge in [0.05, 0.1) is 12.5 Å². The summed E-state index contributed by atoms with van der Waals surface area (Å²) in [5.41, 5.74) is 1.35. The number of amides is 1. The first-order valence-electron chi connectivity index (χ1n) is 6.92. The van der Waals surface area contributed by atoms with Gasteiger partial charge in [-0.3, -0.25) is 4.79 Å². The van der Waals surface area contributed by atoms with Gasteiger partial charge in [0.25, 0.3) is 0 Å². The number of para-hydroxylation sites is 1. The standard InChI is InChI=1S/C17H18FNO3/c1-22-16(12-6-8-14(18)9-7-12)11-19-17(21)10-13-4-2-3-5-15(13)20/h2-9,16,20H,10-11H2,1H3,(H,19,21). The topological polar surface area (TPSA) is 58.6 Å². The van der Waals surface area contributed by atoms with E-state index in [1.54, 1.807) is 36.4 Å². The lowest BCUT2D eigenvalue weighted by Gasteiger charge is -2.16. The second-order valence-electron chi connectivity index (χ2n) is 4.89. The zero-order valence-corrected chi connectivity index (χ0v) is 12.3. The molecule has 2 aromatic carbocycles. The molecule has 0 aliphatic heterocycles. The largest absolute Gasteiger partial charge is 0.508 e. The molecule has 2 rings (SSSR count). The van der Waals surface area contributed by atoms with Gasteiger partial charge in [0.1, 0.15) is 11.6 Å². The molecule has 5 heteroatoms. The summed E-state index contributed by atoms with van der Waals surface area (Å²) in [6, 6.07) is 12.7. The van der Waals surface area contributed by atoms with Gasteiger partial charge < -0.3 is 15.2 Å². The number of carbonyl (C=O) groups excluding carboxylic acids is 1. The lowest BCUT2D eigenvalue weighted by molar-refractivity contribution is -0.121. The summed E-state index contributed by atoms with van der Waals surface area (Å²) < 4.78 is 18.2. The minimum atomic E-state index is -0.353. The van der Waals surface area contributed by atoms with Crippen LogP contribution < -0.4 is 5.32 Å². The highest BCUT2D eigenvalue weighted by Gasteiger charge is 2.13. The van der Waals surface area contributed by atoms with Crippen molar-refractivity contribution in [1.29, 1.82) is 0 Å². The Balaban J connectivity index is 1.91. The van der Waals surface area contributed by atoms with Crippen LogP contribution >= 0.6 is 0 Å². The number of hydrogen-bond acceptors (Lipinski definition) is 3. The fourth-order valence-electron chi connectivity index (χ4n) is 2.12. The number of phenols is 1. The monoisotopic (exact) mass is 303 g/mol. The van der Waals surface area contributed by atoms with E-state index in [2.05, 4.69) is 5.32 Å². The summed E-state index contributed by atoms with van der Waals surface area (Å²) in [5.74, 6) is -0.438. The average Bonchev–Trinajstić information content (AvgIpc) is 2.52. The molecule has 0 bridgehead atoms. The SMILES string of the molecule is COC(CNC(=O)Cc1ccccc1O)c1ccc(F)cc1. The Morgan fingerprint density at radius 3 is 2.55 bits per heavy atom. The number of methoxy groups -OCH3 is 1. The molecule has 0 aromatic heterocycles. The van der Waals surface area contributed by atoms with E-state index in [4.69, 9.17) is 4.74 Å². The Labute approximate surface area is 128 Å². The first-order valence-corrected chi connectivity index (χ1v) is 6.92. The minimum Gasteiger partial charge on any atom is -0.508 e. The highest BCUT2D eigenvalue weighted by molar-refractivity contribution is 5.79. The van der Waals surface area contributed by atoms with E-state index < -0.39 is 0 Å². The lowest BCUT2D eigenvalue weighted by atomic mass is 10.1. The number of aromatic hydroxyl groups is 1. The van der Waals surface area contributed by atoms with Crippen LogP contribution in [-0.2, 0) is 16.0 Å². The molecule has 2 aromatic rings. The van der Waals surface area contributed by atoms with E-state index >= 15 is 0 Å². The van der Waals surface area contributed by atoms with Crippen molar-refractivity contribution >= 4 is 5.91 Å². The normalized spacial score (nSPS) is 11.9. The van der Waals surface area contributed by atoms with Gasteiger partial charge in [-0.2, -0.15) is 0 Å². The summed E-state index contributed by atoms with van der Waals surface area (Å²) in [5, 5.41) is 12.4. The Hall–Kier alpha value is -2.40. The molecular weight excluding hydrogens is 285 g/mol. The van der Waals surface area contributed by atoms with Gasteiger partial charge in [0.15, 0.2) is 0 Å². The number of phenolic OH excluding ortho intramolecular Hbond substituents is 1. The number of halogens is 1. The van der Waals surface area contributed by atoms with Crippen molar-refractivity contribution in [1.82, 2.24) is 5.32 Å². The highest BCUT2D eigenvalue weighted by atomic mass is 19.1. The predicted molar refractivity (Wildman–Crippen MR) is 81.0 cm³/mol. The summed E-state index contributed by atoms with van der Waals surface area (Å²) in [6.07, 6.45) is -0.263. The van der Waals surface area contributed by atoms with Gasteiger partial charge in [0.2, 0.25) is 5.91 Å². The quantitative estimate of drug-likeness (QED) is 0.862. The van der Waals surface area contributed by atoms with Gasteiger partial charge in [-0.25, -0.2) is 4.39 Å². The van der Waals surface area contributed by atoms with Crippen molar-refractivity contribution in [3.63, 3.8) is 0 Å². The van der Waals surface area contributed by atoms with Crippen molar-refractivity contribution in [2.45, 2.75) is 12.5 Å². The molecule has 0 heterocycles. The fraction of sp³-hybridized carbons (Fsp3) is 0.235. The predicted octanol–water partition coefficient (Wildman–Crippen LogP) is 2.58. The van der Waals surface area contributed by atoms with Crippen molar-refractivity contribution in [2.75, 3.05) is 13.7 Å². The summed E-state index contributed by atoms with van der Waals surface area (Å²) >= 11 is 0. The molecule has 1 atom stereocenters. The molecule has 22 heavy (non-hydrogen) atoms. The molecule has 0 fully saturated rings. The maximum Gasteiger partial charge on any atom is 0.224 e. The van der Waals surface area contributed by atoms with Gasteiger partial charge in [-0.05, 0) is 23.8 Å². The van der Waals surface area contributed by atoms with Crippen molar-refractivity contribution in [3.8, 4) is 5.75 Å². The van der Waals surface area contributed by atoms with Crippen LogP contribution in [0.2, 0.25) is 0 Å². The van der Waals surface area contributed by atoms with Crippen LogP contribution in [0.1, 0.15) is 17.2 Å². The van der Waals surface area contributed by atoms with Crippen LogP contribution in [0.5, 0.6) is 5.75 Å². The smallest absolute Gasteiger partial charge is 0.224 e. The van der Waals surface area contributed by atoms with Crippen molar-refractivity contribution in [3.05, 3.63) is 65.5 Å². The number of carbonyl (C=O) groups is 1. The first-order chi connectivity index (χ1) is 10.6. The van der Waals surface area contributed by atoms with E-state index in [9.17, 15) is 14.3 Å². The summed E-state index contributed by atoms with van der Waals surface area (Å²) in [4.78, 5) is 11.9. The van der Waals surface area contributed by atoms with Crippen LogP contribution in [-0.4, -0.2) is 24.7 Å². The molecule has 0 aliphatic rings. The van der Waals surface area contributed by atoms with Gasteiger partial charge >= 0.3 is 0 Å². The van der Waals surface area contributed by atoms with E-state index in [-0.39, 0.29) is 36.5 Å². The van der Waals surface area contributed by atoms with Crippen LogP contribution in [0.4, 0.5) is 4.39 Å². The third-order valence-corrected chi connectivity index (χ3v) is 3.35. The molecule has 0 spiro atoms. The Kier molecular flexibility index (Phi) is 5.49. The molecule has 0 radical (unpaired) electrons. The minimum absolute atomic E-state index is 0.0898. The number of rotatable bonds is 6. The van der Waals surface area contributed by atoms with Gasteiger partial charge in [0, 0.05) is 19.2 Å². The highest BCUT2D eigenvalue weighted by Crippen LogP contribution is 2.17. The Bertz CT molecular complexity index is 628. The maximum atomic E-state index is 12.9. The Morgan fingerprint density at radius 1 is 1.23 bits per heavy atom. The molecule has 0 saturated carbocycles.